The van der Waals surface area contributed by atoms with Gasteiger partial charge < -0.3 is 44.6 Å². The Hall–Kier alpha value is -6.22. The van der Waals surface area contributed by atoms with Gasteiger partial charge in [-0.1, -0.05) is 62.4 Å². The first kappa shape index (κ1) is 42.7. The van der Waals surface area contributed by atoms with Crippen LogP contribution >= 0.6 is 0 Å². The number of nitrogens with zero attached hydrogens (tertiary/aromatic N) is 4. The zero-order valence-corrected chi connectivity index (χ0v) is 37.5. The number of fused-ring (bicyclic) bond motifs is 3. The Morgan fingerprint density at radius 1 is 0.754 bits per heavy atom. The maximum Gasteiger partial charge on any atom is 0.407 e. The predicted octanol–water partition coefficient (Wildman–Crippen LogP) is 7.92. The normalized spacial score (nSPS) is 23.2. The van der Waals surface area contributed by atoms with Gasteiger partial charge in [-0.25, -0.2) is 19.6 Å². The molecule has 4 N–H and O–H groups in total. The lowest BCUT2D eigenvalue weighted by Gasteiger charge is -2.39. The molecule has 4 amide bonds. The van der Waals surface area contributed by atoms with Crippen LogP contribution in [-0.4, -0.2) is 106 Å². The van der Waals surface area contributed by atoms with E-state index in [9.17, 15) is 19.2 Å². The van der Waals surface area contributed by atoms with Crippen LogP contribution in [0.15, 0.2) is 73.1 Å². The van der Waals surface area contributed by atoms with Crippen LogP contribution in [0.25, 0.3) is 44.4 Å². The fourth-order valence-corrected chi connectivity index (χ4v) is 11.1. The van der Waals surface area contributed by atoms with Gasteiger partial charge in [0.15, 0.2) is 0 Å². The van der Waals surface area contributed by atoms with Crippen molar-refractivity contribution in [2.75, 3.05) is 34.0 Å². The summed E-state index contributed by atoms with van der Waals surface area (Å²) in [6.45, 7) is 5.65. The summed E-state index contributed by atoms with van der Waals surface area (Å²) < 4.78 is 15.3. The molecule has 3 saturated heterocycles. The number of methoxy groups -OCH3 is 2. The third kappa shape index (κ3) is 8.23. The average molecular weight is 883 g/mol. The first-order chi connectivity index (χ1) is 31.5. The second-order valence-electron chi connectivity index (χ2n) is 19.2. The molecule has 5 fully saturated rings. The van der Waals surface area contributed by atoms with Crippen molar-refractivity contribution >= 4 is 34.8 Å². The van der Waals surface area contributed by atoms with Gasteiger partial charge in [0.05, 0.1) is 50.1 Å². The van der Waals surface area contributed by atoms with Crippen molar-refractivity contribution in [2.45, 2.75) is 95.4 Å². The van der Waals surface area contributed by atoms with Gasteiger partial charge >= 0.3 is 12.2 Å². The average Bonchev–Trinajstić information content (AvgIpc) is 3.97. The molecule has 5 aliphatic rings. The van der Waals surface area contributed by atoms with E-state index in [2.05, 4.69) is 81.3 Å². The monoisotopic (exact) mass is 882 g/mol. The molecule has 6 atom stereocenters. The molecular weight excluding hydrogens is 825 g/mol. The molecule has 15 nitrogen and oxygen atoms in total. The number of rotatable bonds is 11. The molecule has 3 aromatic carbocycles. The number of carbonyl (C=O) groups excluding carboxylic acids is 4. The van der Waals surface area contributed by atoms with Gasteiger partial charge in [-0.15, -0.1) is 0 Å². The molecule has 340 valence electrons. The lowest BCUT2D eigenvalue weighted by atomic mass is 9.89. The maximum absolute atomic E-state index is 14.4. The Bertz CT molecular complexity index is 2590. The van der Waals surface area contributed by atoms with Crippen LogP contribution < -0.4 is 10.6 Å². The van der Waals surface area contributed by atoms with E-state index in [-0.39, 0.29) is 47.2 Å². The van der Waals surface area contributed by atoms with Gasteiger partial charge in [0.25, 0.3) is 0 Å². The molecule has 0 radical (unpaired) electrons. The van der Waals surface area contributed by atoms with E-state index in [1.54, 1.807) is 0 Å². The van der Waals surface area contributed by atoms with Crippen molar-refractivity contribution < 1.29 is 33.4 Å². The number of alkyl carbamates (subject to hydrolysis) is 2. The molecule has 3 aliphatic heterocycles. The molecule has 10 rings (SSSR count). The number of benzene rings is 3. The van der Waals surface area contributed by atoms with Crippen LogP contribution in [0.4, 0.5) is 9.59 Å². The van der Waals surface area contributed by atoms with Crippen LogP contribution in [0.5, 0.6) is 0 Å². The van der Waals surface area contributed by atoms with E-state index >= 15 is 0 Å². The summed E-state index contributed by atoms with van der Waals surface area (Å²) in [5, 5.41) is 7.84. The van der Waals surface area contributed by atoms with Crippen molar-refractivity contribution in [2.24, 2.45) is 23.2 Å². The van der Waals surface area contributed by atoms with Crippen molar-refractivity contribution in [3.63, 3.8) is 0 Å². The highest BCUT2D eigenvalue weighted by molar-refractivity contribution is 5.91. The molecule has 2 saturated carbocycles. The van der Waals surface area contributed by atoms with Crippen molar-refractivity contribution in [1.29, 1.82) is 0 Å². The Labute approximate surface area is 378 Å². The third-order valence-corrected chi connectivity index (χ3v) is 14.9. The molecule has 15 heteroatoms. The lowest BCUT2D eigenvalue weighted by Crippen LogP contribution is -2.55. The number of imidazole rings is 2. The number of aromatic amines is 2. The summed E-state index contributed by atoms with van der Waals surface area (Å²) in [6.07, 6.45) is 9.84. The Balaban J connectivity index is 0.832. The van der Waals surface area contributed by atoms with Crippen molar-refractivity contribution in [3.8, 4) is 33.6 Å². The zero-order chi connectivity index (χ0) is 45.0. The second kappa shape index (κ2) is 17.3. The number of nitrogens with one attached hydrogen (secondary N) is 4. The summed E-state index contributed by atoms with van der Waals surface area (Å²) in [4.78, 5) is 73.6. The smallest absolute Gasteiger partial charge is 0.407 e. The minimum Gasteiger partial charge on any atom is -0.453 e. The molecule has 2 aliphatic carbocycles. The largest absolute Gasteiger partial charge is 0.453 e. The van der Waals surface area contributed by atoms with Gasteiger partial charge in [-0.3, -0.25) is 9.59 Å². The highest BCUT2D eigenvalue weighted by Gasteiger charge is 2.55. The van der Waals surface area contributed by atoms with Crippen LogP contribution in [0.2, 0.25) is 0 Å². The molecule has 2 bridgehead atoms. The van der Waals surface area contributed by atoms with Gasteiger partial charge in [-0.2, -0.15) is 0 Å². The number of aromatic nitrogens is 4. The minimum atomic E-state index is -0.689. The minimum absolute atomic E-state index is 0.0233. The summed E-state index contributed by atoms with van der Waals surface area (Å²) in [5.41, 5.74) is 6.08. The van der Waals surface area contributed by atoms with Crippen molar-refractivity contribution in [3.05, 3.63) is 84.7 Å². The Kier molecular flexibility index (Phi) is 11.4. The third-order valence-electron chi connectivity index (χ3n) is 14.9. The van der Waals surface area contributed by atoms with Gasteiger partial charge in [0, 0.05) is 31.4 Å². The van der Waals surface area contributed by atoms with E-state index in [0.29, 0.717) is 38.5 Å². The molecule has 3 unspecified atom stereocenters. The summed E-state index contributed by atoms with van der Waals surface area (Å²) in [5.74, 6) is 1.54. The number of hydrogen-bond acceptors (Lipinski definition) is 9. The lowest BCUT2D eigenvalue weighted by molar-refractivity contribution is -0.140. The number of amides is 4. The Morgan fingerprint density at radius 3 is 2.06 bits per heavy atom. The number of ether oxygens (including phenoxy) is 3. The number of hydrogen-bond donors (Lipinski definition) is 4. The number of carbonyl (C=O) groups is 4. The fraction of sp³-hybridized carbons (Fsp3) is 0.480. The topological polar surface area (TPSA) is 184 Å². The zero-order valence-electron chi connectivity index (χ0n) is 37.5. The maximum atomic E-state index is 14.4. The molecular formula is C50H58N8O7. The summed E-state index contributed by atoms with van der Waals surface area (Å²) >= 11 is 0. The van der Waals surface area contributed by atoms with Crippen LogP contribution in [0, 0.1) is 23.2 Å². The highest BCUT2D eigenvalue weighted by atomic mass is 16.5. The number of H-pyrrole nitrogens is 2. The van der Waals surface area contributed by atoms with E-state index < -0.39 is 24.3 Å². The van der Waals surface area contributed by atoms with E-state index in [1.807, 2.05) is 36.0 Å². The quantitative estimate of drug-likeness (QED) is 0.102. The number of likely N-dealkylation sites (tertiary alicyclic amines) is 2. The van der Waals surface area contributed by atoms with E-state index in [0.717, 1.165) is 94.6 Å². The van der Waals surface area contributed by atoms with Gasteiger partial charge in [-0.05, 0) is 114 Å². The first-order valence-corrected chi connectivity index (χ1v) is 23.2. The van der Waals surface area contributed by atoms with Gasteiger partial charge in [0.2, 0.25) is 11.8 Å². The Morgan fingerprint density at radius 2 is 1.37 bits per heavy atom. The molecule has 5 aromatic rings. The second-order valence-corrected chi connectivity index (χ2v) is 19.2. The van der Waals surface area contributed by atoms with Crippen LogP contribution in [0.3, 0.4) is 0 Å². The number of piperidine rings is 1. The van der Waals surface area contributed by atoms with Gasteiger partial charge in [0.1, 0.15) is 23.7 Å². The molecule has 65 heavy (non-hydrogen) atoms. The van der Waals surface area contributed by atoms with Crippen LogP contribution in [-0.2, 0) is 23.8 Å². The van der Waals surface area contributed by atoms with Crippen molar-refractivity contribution in [1.82, 2.24) is 40.4 Å². The van der Waals surface area contributed by atoms with Crippen LogP contribution in [0.1, 0.15) is 88.9 Å². The molecule has 5 heterocycles. The van der Waals surface area contributed by atoms with E-state index in [4.69, 9.17) is 24.2 Å². The fourth-order valence-electron chi connectivity index (χ4n) is 11.1. The van der Waals surface area contributed by atoms with E-state index in [1.165, 1.54) is 14.2 Å². The first-order valence-electron chi connectivity index (χ1n) is 23.2. The summed E-state index contributed by atoms with van der Waals surface area (Å²) in [7, 11) is 2.63. The standard InChI is InChI=1S/C50H58N8O7/c1-28(2)41(55-48(61)63-3)46(59)57-27-50(17-18-50)24-40(57)44-51-26-39(53-44)35-12-11-33-21-32(9-10-34(33)22-35)29-5-7-30(8-6-29)38-25-52-45(54-38)43-36-13-14-37(23-36)58(43)47(60)42(56-49(62)64-4)31-15-19-65-20-16-31/h5-12,21-22,25-26,28,31,36-37,40-43H,13-20,23-24,27H2,1-4H3,(H,51,53)(H,52,54)(H,55,61)(H,56,62)/t36-,37+,40?,41?,42?,43-/m0/s1. The summed E-state index contributed by atoms with van der Waals surface area (Å²) in [6, 6.07) is 19.7. The molecule has 2 aromatic heterocycles. The highest BCUT2D eigenvalue weighted by Crippen LogP contribution is 2.58. The molecule has 1 spiro atoms. The predicted molar refractivity (Wildman–Crippen MR) is 243 cm³/mol. The SMILES string of the molecule is COC(=O)NC(C(=O)N1CC2(CC2)CC1c1ncc(-c2ccc3cc(-c4ccc(-c5cnc([C@@H]6[C@H]7CC[C@H](C7)N6C(=O)C(NC(=O)OC)C6CCOCC6)[nH]5)cc4)ccc3c2)[nH]1)C(C)C.